The first-order valence-electron chi connectivity index (χ1n) is 6.57. The Kier molecular flexibility index (Phi) is 3.37. The van der Waals surface area contributed by atoms with Crippen molar-refractivity contribution in [2.45, 2.75) is 20.0 Å². The summed E-state index contributed by atoms with van der Waals surface area (Å²) in [5, 5.41) is 0. The van der Waals surface area contributed by atoms with Gasteiger partial charge in [-0.15, -0.1) is 0 Å². The Balaban J connectivity index is 1.74. The van der Waals surface area contributed by atoms with Crippen LogP contribution in [0.15, 0.2) is 36.5 Å². The molecule has 4 heteroatoms. The number of ketones is 1. The molecule has 0 amide bonds. The van der Waals surface area contributed by atoms with Gasteiger partial charge in [-0.3, -0.25) is 9.78 Å². The summed E-state index contributed by atoms with van der Waals surface area (Å²) in [6.07, 6.45) is 2.21. The maximum atomic E-state index is 11.7. The maximum Gasteiger partial charge on any atom is 0.169 e. The van der Waals surface area contributed by atoms with E-state index in [9.17, 15) is 4.79 Å². The van der Waals surface area contributed by atoms with Gasteiger partial charge in [0.1, 0.15) is 18.1 Å². The second-order valence-electron chi connectivity index (χ2n) is 4.77. The molecule has 1 aromatic heterocycles. The van der Waals surface area contributed by atoms with Crippen molar-refractivity contribution in [3.8, 4) is 11.5 Å². The molecule has 1 aromatic carbocycles. The van der Waals surface area contributed by atoms with Gasteiger partial charge < -0.3 is 9.47 Å². The number of hydrogen-bond donors (Lipinski definition) is 0. The van der Waals surface area contributed by atoms with Gasteiger partial charge in [-0.05, 0) is 36.8 Å². The lowest BCUT2D eigenvalue weighted by Gasteiger charge is -2.17. The molecule has 1 aliphatic heterocycles. The molecule has 2 aromatic rings. The molecule has 3 rings (SSSR count). The first-order valence-corrected chi connectivity index (χ1v) is 6.57. The summed E-state index contributed by atoms with van der Waals surface area (Å²) >= 11 is 0. The molecule has 0 bridgehead atoms. The number of ether oxygens (including phenoxy) is 2. The average Bonchev–Trinajstić information content (AvgIpc) is 2.45. The van der Waals surface area contributed by atoms with Crippen molar-refractivity contribution in [2.24, 2.45) is 0 Å². The summed E-state index contributed by atoms with van der Waals surface area (Å²) in [6, 6.07) is 9.26. The molecule has 0 aliphatic carbocycles. The Hall–Kier alpha value is -2.36. The molecule has 1 aliphatic rings. The fraction of sp³-hybridized carbons (Fsp3) is 0.250. The number of carbonyl (C=O) groups excluding carboxylic acids is 1. The van der Waals surface area contributed by atoms with Crippen LogP contribution in [0.3, 0.4) is 0 Å². The Labute approximate surface area is 117 Å². The lowest BCUT2D eigenvalue weighted by molar-refractivity contribution is 0.0933. The second-order valence-corrected chi connectivity index (χ2v) is 4.77. The summed E-state index contributed by atoms with van der Waals surface area (Å²) in [6.45, 7) is 2.86. The Morgan fingerprint density at radius 1 is 1.30 bits per heavy atom. The van der Waals surface area contributed by atoms with Crippen molar-refractivity contribution in [2.75, 3.05) is 6.61 Å². The number of aryl methyl sites for hydroxylation is 1. The summed E-state index contributed by atoms with van der Waals surface area (Å²) in [4.78, 5) is 15.8. The number of carbonyl (C=O) groups is 1. The quantitative estimate of drug-likeness (QED) is 0.859. The van der Waals surface area contributed by atoms with Crippen LogP contribution in [0.2, 0.25) is 0 Å². The molecular formula is C16H15NO3. The zero-order valence-electron chi connectivity index (χ0n) is 11.3. The highest BCUT2D eigenvalue weighted by Gasteiger charge is 2.18. The van der Waals surface area contributed by atoms with E-state index < -0.39 is 0 Å². The van der Waals surface area contributed by atoms with E-state index in [1.54, 1.807) is 24.4 Å². The third kappa shape index (κ3) is 2.64. The molecule has 0 atom stereocenters. The van der Waals surface area contributed by atoms with E-state index in [1.165, 1.54) is 0 Å². The first kappa shape index (κ1) is 12.7. The highest BCUT2D eigenvalue weighted by molar-refractivity contribution is 5.99. The second kappa shape index (κ2) is 5.33. The predicted octanol–water partition coefficient (Wildman–Crippen LogP) is 2.93. The molecule has 2 heterocycles. The van der Waals surface area contributed by atoms with Crippen LogP contribution in [0.5, 0.6) is 11.5 Å². The smallest absolute Gasteiger partial charge is 0.169 e. The van der Waals surface area contributed by atoms with Crippen LogP contribution in [-0.2, 0) is 6.61 Å². The van der Waals surface area contributed by atoms with E-state index in [1.807, 2.05) is 19.1 Å². The molecule has 0 saturated heterocycles. The van der Waals surface area contributed by atoms with Gasteiger partial charge >= 0.3 is 0 Å². The van der Waals surface area contributed by atoms with Gasteiger partial charge in [0, 0.05) is 24.4 Å². The average molecular weight is 269 g/mol. The van der Waals surface area contributed by atoms with Crippen molar-refractivity contribution in [1.29, 1.82) is 0 Å². The minimum atomic E-state index is 0.127. The van der Waals surface area contributed by atoms with Crippen LogP contribution in [0.4, 0.5) is 0 Å². The maximum absolute atomic E-state index is 11.7. The normalized spacial score (nSPS) is 13.6. The van der Waals surface area contributed by atoms with Gasteiger partial charge in [-0.1, -0.05) is 0 Å². The van der Waals surface area contributed by atoms with Gasteiger partial charge in [0.2, 0.25) is 0 Å². The summed E-state index contributed by atoms with van der Waals surface area (Å²) in [5.74, 6) is 1.44. The molecule has 0 fully saturated rings. The van der Waals surface area contributed by atoms with Crippen LogP contribution in [0.25, 0.3) is 0 Å². The SMILES string of the molecule is Cc1cc(COc2ccc3c(c2)OCCC3=O)ccn1. The largest absolute Gasteiger partial charge is 0.492 e. The van der Waals surface area contributed by atoms with Crippen molar-refractivity contribution < 1.29 is 14.3 Å². The highest BCUT2D eigenvalue weighted by atomic mass is 16.5. The molecular weight excluding hydrogens is 254 g/mol. The summed E-state index contributed by atoms with van der Waals surface area (Å²) in [5.41, 5.74) is 2.67. The Morgan fingerprint density at radius 2 is 2.20 bits per heavy atom. The number of aromatic nitrogens is 1. The first-order chi connectivity index (χ1) is 9.72. The van der Waals surface area contributed by atoms with Gasteiger partial charge in [-0.25, -0.2) is 0 Å². The van der Waals surface area contributed by atoms with E-state index in [0.29, 0.717) is 36.7 Å². The molecule has 0 unspecified atom stereocenters. The van der Waals surface area contributed by atoms with E-state index in [-0.39, 0.29) is 5.78 Å². The van der Waals surface area contributed by atoms with E-state index >= 15 is 0 Å². The lowest BCUT2D eigenvalue weighted by Crippen LogP contribution is -2.15. The molecule has 4 nitrogen and oxygen atoms in total. The van der Waals surface area contributed by atoms with Crippen LogP contribution in [-0.4, -0.2) is 17.4 Å². The van der Waals surface area contributed by atoms with Crippen LogP contribution < -0.4 is 9.47 Å². The van der Waals surface area contributed by atoms with Crippen molar-refractivity contribution >= 4 is 5.78 Å². The van der Waals surface area contributed by atoms with Crippen molar-refractivity contribution in [3.63, 3.8) is 0 Å². The monoisotopic (exact) mass is 269 g/mol. The van der Waals surface area contributed by atoms with E-state index in [4.69, 9.17) is 9.47 Å². The number of hydrogen-bond acceptors (Lipinski definition) is 4. The Bertz CT molecular complexity index is 652. The molecule has 102 valence electrons. The lowest BCUT2D eigenvalue weighted by atomic mass is 10.1. The molecule has 0 N–H and O–H groups in total. The molecule has 0 radical (unpaired) electrons. The topological polar surface area (TPSA) is 48.4 Å². The summed E-state index contributed by atoms with van der Waals surface area (Å²) in [7, 11) is 0. The van der Waals surface area contributed by atoms with Crippen LogP contribution >= 0.6 is 0 Å². The Morgan fingerprint density at radius 3 is 3.05 bits per heavy atom. The zero-order chi connectivity index (χ0) is 13.9. The number of fused-ring (bicyclic) bond motifs is 1. The summed E-state index contributed by atoms with van der Waals surface area (Å²) < 4.78 is 11.2. The fourth-order valence-corrected chi connectivity index (χ4v) is 2.19. The highest BCUT2D eigenvalue weighted by Crippen LogP contribution is 2.29. The third-order valence-corrected chi connectivity index (χ3v) is 3.21. The van der Waals surface area contributed by atoms with Crippen LogP contribution in [0.1, 0.15) is 28.0 Å². The minimum Gasteiger partial charge on any atom is -0.492 e. The number of nitrogens with zero attached hydrogens (tertiary/aromatic N) is 1. The minimum absolute atomic E-state index is 0.127. The van der Waals surface area contributed by atoms with Gasteiger partial charge in [0.05, 0.1) is 12.2 Å². The van der Waals surface area contributed by atoms with Crippen LogP contribution in [0, 0.1) is 6.92 Å². The van der Waals surface area contributed by atoms with Gasteiger partial charge in [-0.2, -0.15) is 0 Å². The predicted molar refractivity (Wildman–Crippen MR) is 74.2 cm³/mol. The van der Waals surface area contributed by atoms with E-state index in [2.05, 4.69) is 4.98 Å². The standard InChI is InChI=1S/C16H15NO3/c1-11-8-12(4-6-17-11)10-20-13-2-3-14-15(18)5-7-19-16(14)9-13/h2-4,6,8-9H,5,7,10H2,1H3. The number of pyridine rings is 1. The molecule has 0 saturated carbocycles. The van der Waals surface area contributed by atoms with E-state index in [0.717, 1.165) is 11.3 Å². The van der Waals surface area contributed by atoms with Crippen molar-refractivity contribution in [1.82, 2.24) is 4.98 Å². The number of benzene rings is 1. The van der Waals surface area contributed by atoms with Crippen molar-refractivity contribution in [3.05, 3.63) is 53.3 Å². The number of rotatable bonds is 3. The fourth-order valence-electron chi connectivity index (χ4n) is 2.19. The third-order valence-electron chi connectivity index (χ3n) is 3.21. The zero-order valence-corrected chi connectivity index (χ0v) is 11.3. The molecule has 0 spiro atoms. The van der Waals surface area contributed by atoms with Gasteiger partial charge in [0.25, 0.3) is 0 Å². The molecule has 20 heavy (non-hydrogen) atoms. The van der Waals surface area contributed by atoms with Gasteiger partial charge in [0.15, 0.2) is 5.78 Å². The number of Topliss-reactive ketones (excluding diaryl/α,β-unsaturated/α-hetero) is 1.